The normalized spacial score (nSPS) is 18.4. The van der Waals surface area contributed by atoms with Gasteiger partial charge in [-0.2, -0.15) is 5.26 Å². The Bertz CT molecular complexity index is 864. The van der Waals surface area contributed by atoms with Crippen LogP contribution in [0.2, 0.25) is 0 Å². The van der Waals surface area contributed by atoms with Crippen molar-refractivity contribution in [1.29, 1.82) is 5.26 Å². The second-order valence-corrected chi connectivity index (χ2v) is 7.87. The second-order valence-electron chi connectivity index (χ2n) is 7.87. The Morgan fingerprint density at radius 1 is 1.25 bits per heavy atom. The van der Waals surface area contributed by atoms with Gasteiger partial charge < -0.3 is 10.1 Å². The Morgan fingerprint density at radius 2 is 2.07 bits per heavy atom. The average Bonchev–Trinajstić information content (AvgIpc) is 3.21. The number of hydrogen-bond donors (Lipinski definition) is 1. The van der Waals surface area contributed by atoms with Crippen LogP contribution in [0.5, 0.6) is 0 Å². The van der Waals surface area contributed by atoms with E-state index < -0.39 is 0 Å². The maximum Gasteiger partial charge on any atom is 0.167 e. The van der Waals surface area contributed by atoms with E-state index in [2.05, 4.69) is 45.2 Å². The number of hydrogen-bond acceptors (Lipinski definition) is 7. The fraction of sp³-hybridized carbons (Fsp3) is 0.650. The first-order chi connectivity index (χ1) is 13.7. The van der Waals surface area contributed by atoms with Crippen molar-refractivity contribution in [3.05, 3.63) is 23.0 Å². The van der Waals surface area contributed by atoms with Gasteiger partial charge in [-0.05, 0) is 38.8 Å². The number of rotatable bonds is 6. The summed E-state index contributed by atoms with van der Waals surface area (Å²) in [6.07, 6.45) is 3.62. The molecule has 0 aromatic carbocycles. The van der Waals surface area contributed by atoms with Crippen LogP contribution in [0.4, 0.5) is 5.82 Å². The van der Waals surface area contributed by atoms with E-state index in [-0.39, 0.29) is 0 Å². The van der Waals surface area contributed by atoms with Crippen LogP contribution < -0.4 is 5.32 Å². The molecule has 0 amide bonds. The van der Waals surface area contributed by atoms with E-state index in [1.807, 2.05) is 4.40 Å². The Labute approximate surface area is 166 Å². The zero-order chi connectivity index (χ0) is 19.5. The molecule has 4 rings (SSSR count). The lowest BCUT2D eigenvalue weighted by atomic mass is 9.95. The van der Waals surface area contributed by atoms with Crippen molar-refractivity contribution in [3.63, 3.8) is 0 Å². The number of morpholine rings is 1. The summed E-state index contributed by atoms with van der Waals surface area (Å²) in [5.41, 5.74) is 3.90. The first kappa shape index (κ1) is 19.1. The number of pyridine rings is 1. The Kier molecular flexibility index (Phi) is 5.76. The highest BCUT2D eigenvalue weighted by atomic mass is 16.5. The molecule has 0 aliphatic carbocycles. The highest BCUT2D eigenvalue weighted by Crippen LogP contribution is 2.31. The van der Waals surface area contributed by atoms with Crippen molar-refractivity contribution < 1.29 is 4.74 Å². The van der Waals surface area contributed by atoms with E-state index in [1.54, 1.807) is 6.33 Å². The molecule has 2 aliphatic rings. The van der Waals surface area contributed by atoms with Gasteiger partial charge in [0.25, 0.3) is 0 Å². The van der Waals surface area contributed by atoms with E-state index in [0.29, 0.717) is 6.04 Å². The van der Waals surface area contributed by atoms with Crippen molar-refractivity contribution in [3.8, 4) is 6.07 Å². The SMILES string of the molecule is CC(C)N1CCc2c(C#N)c(NCCCN3CCOCC3)n3cnnc3c2C1. The first-order valence-corrected chi connectivity index (χ1v) is 10.2. The molecule has 0 radical (unpaired) electrons. The monoisotopic (exact) mass is 383 g/mol. The zero-order valence-electron chi connectivity index (χ0n) is 16.8. The predicted octanol–water partition coefficient (Wildman–Crippen LogP) is 1.50. The smallest absolute Gasteiger partial charge is 0.167 e. The summed E-state index contributed by atoms with van der Waals surface area (Å²) in [6, 6.07) is 2.93. The molecule has 150 valence electrons. The molecule has 1 saturated heterocycles. The summed E-state index contributed by atoms with van der Waals surface area (Å²) in [5, 5.41) is 22.0. The minimum absolute atomic E-state index is 0.472. The van der Waals surface area contributed by atoms with E-state index >= 15 is 0 Å². The number of anilines is 1. The first-order valence-electron chi connectivity index (χ1n) is 10.2. The number of fused-ring (bicyclic) bond motifs is 3. The number of nitriles is 1. The summed E-state index contributed by atoms with van der Waals surface area (Å²) >= 11 is 0. The molecule has 4 heterocycles. The Hall–Kier alpha value is -2.21. The summed E-state index contributed by atoms with van der Waals surface area (Å²) in [6.45, 7) is 11.7. The lowest BCUT2D eigenvalue weighted by Gasteiger charge is -2.33. The standard InChI is InChI=1S/C20H29N7O/c1-15(2)26-7-4-16-17(12-21)19(27-14-23-24-20(27)18(16)13-26)22-5-3-6-25-8-10-28-11-9-25/h14-15,22H,3-11,13H2,1-2H3. The number of aromatic nitrogens is 3. The van der Waals surface area contributed by atoms with Gasteiger partial charge in [0, 0.05) is 44.3 Å². The molecule has 0 bridgehead atoms. The van der Waals surface area contributed by atoms with Crippen LogP contribution in [0.1, 0.15) is 37.0 Å². The van der Waals surface area contributed by atoms with Crippen molar-refractivity contribution in [2.24, 2.45) is 0 Å². The van der Waals surface area contributed by atoms with Gasteiger partial charge >= 0.3 is 0 Å². The predicted molar refractivity (Wildman–Crippen MR) is 107 cm³/mol. The van der Waals surface area contributed by atoms with E-state index in [9.17, 15) is 5.26 Å². The van der Waals surface area contributed by atoms with Gasteiger partial charge in [0.2, 0.25) is 0 Å². The summed E-state index contributed by atoms with van der Waals surface area (Å²) in [5.74, 6) is 0.834. The lowest BCUT2D eigenvalue weighted by molar-refractivity contribution is 0.0378. The molecule has 2 aromatic heterocycles. The topological polar surface area (TPSA) is 81.7 Å². The molecule has 1 N–H and O–H groups in total. The largest absolute Gasteiger partial charge is 0.379 e. The minimum atomic E-state index is 0.472. The quantitative estimate of drug-likeness (QED) is 0.757. The molecular formula is C20H29N7O. The third-order valence-corrected chi connectivity index (χ3v) is 5.86. The second kappa shape index (κ2) is 8.43. The molecule has 8 nitrogen and oxygen atoms in total. The van der Waals surface area contributed by atoms with Gasteiger partial charge in [-0.1, -0.05) is 0 Å². The van der Waals surface area contributed by atoms with E-state index in [0.717, 1.165) is 93.5 Å². The molecule has 8 heteroatoms. The van der Waals surface area contributed by atoms with Crippen LogP contribution in [-0.4, -0.2) is 76.4 Å². The van der Waals surface area contributed by atoms with Crippen molar-refractivity contribution in [1.82, 2.24) is 24.4 Å². The van der Waals surface area contributed by atoms with Gasteiger partial charge in [-0.3, -0.25) is 14.2 Å². The van der Waals surface area contributed by atoms with E-state index in [4.69, 9.17) is 4.74 Å². The maximum absolute atomic E-state index is 9.93. The molecular weight excluding hydrogens is 354 g/mol. The molecule has 0 atom stereocenters. The van der Waals surface area contributed by atoms with Gasteiger partial charge in [-0.15, -0.1) is 10.2 Å². The third-order valence-electron chi connectivity index (χ3n) is 5.86. The summed E-state index contributed by atoms with van der Waals surface area (Å²) < 4.78 is 7.36. The summed E-state index contributed by atoms with van der Waals surface area (Å²) in [4.78, 5) is 4.85. The molecule has 1 fully saturated rings. The van der Waals surface area contributed by atoms with Gasteiger partial charge in [0.05, 0.1) is 18.8 Å². The number of ether oxygens (including phenoxy) is 1. The van der Waals surface area contributed by atoms with Crippen LogP contribution in [0, 0.1) is 11.3 Å². The minimum Gasteiger partial charge on any atom is -0.379 e. The van der Waals surface area contributed by atoms with Crippen LogP contribution in [0.25, 0.3) is 5.65 Å². The van der Waals surface area contributed by atoms with Gasteiger partial charge in [-0.25, -0.2) is 0 Å². The van der Waals surface area contributed by atoms with Crippen molar-refractivity contribution >= 4 is 11.5 Å². The van der Waals surface area contributed by atoms with Crippen molar-refractivity contribution in [2.75, 3.05) is 51.3 Å². The Morgan fingerprint density at radius 3 is 2.82 bits per heavy atom. The molecule has 2 aromatic rings. The van der Waals surface area contributed by atoms with Crippen LogP contribution in [-0.2, 0) is 17.7 Å². The number of nitrogens with one attached hydrogen (secondary N) is 1. The molecule has 2 aliphatic heterocycles. The van der Waals surface area contributed by atoms with Gasteiger partial charge in [0.1, 0.15) is 18.2 Å². The fourth-order valence-electron chi connectivity index (χ4n) is 4.20. The van der Waals surface area contributed by atoms with Crippen molar-refractivity contribution in [2.45, 2.75) is 39.3 Å². The molecule has 0 saturated carbocycles. The fourth-order valence-corrected chi connectivity index (χ4v) is 4.20. The number of nitrogens with zero attached hydrogens (tertiary/aromatic N) is 6. The zero-order valence-corrected chi connectivity index (χ0v) is 16.8. The molecule has 0 unspecified atom stereocenters. The average molecular weight is 384 g/mol. The maximum atomic E-state index is 9.93. The highest BCUT2D eigenvalue weighted by Gasteiger charge is 2.27. The van der Waals surface area contributed by atoms with Crippen LogP contribution >= 0.6 is 0 Å². The van der Waals surface area contributed by atoms with Crippen LogP contribution in [0.15, 0.2) is 6.33 Å². The Balaban J connectivity index is 1.54. The van der Waals surface area contributed by atoms with Gasteiger partial charge in [0.15, 0.2) is 5.65 Å². The lowest BCUT2D eigenvalue weighted by Crippen LogP contribution is -2.37. The third kappa shape index (κ3) is 3.70. The van der Waals surface area contributed by atoms with E-state index in [1.165, 1.54) is 0 Å². The molecule has 0 spiro atoms. The molecule has 28 heavy (non-hydrogen) atoms. The summed E-state index contributed by atoms with van der Waals surface area (Å²) in [7, 11) is 0. The van der Waals surface area contributed by atoms with Crippen LogP contribution in [0.3, 0.4) is 0 Å². The highest BCUT2D eigenvalue weighted by molar-refractivity contribution is 5.68.